The monoisotopic (exact) mass is 440 g/mol. The first kappa shape index (κ1) is 20.3. The van der Waals surface area contributed by atoms with Crippen molar-refractivity contribution < 1.29 is 13.9 Å². The van der Waals surface area contributed by atoms with Crippen molar-refractivity contribution in [2.24, 2.45) is 0 Å². The number of halogens is 1. The first-order valence-electron chi connectivity index (χ1n) is 10.1. The average molecular weight is 440 g/mol. The fourth-order valence-corrected chi connectivity index (χ4v) is 3.79. The van der Waals surface area contributed by atoms with Crippen LogP contribution in [0.1, 0.15) is 11.1 Å². The molecule has 0 aliphatic rings. The molecule has 162 valence electrons. The van der Waals surface area contributed by atoms with E-state index in [4.69, 9.17) is 14.7 Å². The summed E-state index contributed by atoms with van der Waals surface area (Å²) in [6.07, 6.45) is 1.51. The Hall–Kier alpha value is -4.64. The van der Waals surface area contributed by atoms with Crippen molar-refractivity contribution in [1.29, 1.82) is 5.26 Å². The van der Waals surface area contributed by atoms with E-state index in [2.05, 4.69) is 9.97 Å². The molecule has 0 radical (unpaired) electrons. The molecule has 0 fully saturated rings. The number of hydrogen-bond donors (Lipinski definition) is 1. The van der Waals surface area contributed by atoms with E-state index in [1.807, 2.05) is 36.4 Å². The number of fused-ring (bicyclic) bond motifs is 3. The van der Waals surface area contributed by atoms with E-state index < -0.39 is 11.5 Å². The Morgan fingerprint density at radius 1 is 1.12 bits per heavy atom. The van der Waals surface area contributed by atoms with Crippen molar-refractivity contribution in [3.8, 4) is 23.3 Å². The highest BCUT2D eigenvalue weighted by Crippen LogP contribution is 2.35. The molecule has 0 amide bonds. The first-order valence-corrected chi connectivity index (χ1v) is 10.1. The third-order valence-electron chi connectivity index (χ3n) is 5.35. The Labute approximate surface area is 187 Å². The van der Waals surface area contributed by atoms with Crippen molar-refractivity contribution in [2.45, 2.75) is 6.61 Å². The normalized spacial score (nSPS) is 10.9. The van der Waals surface area contributed by atoms with Crippen LogP contribution in [0.4, 0.5) is 4.39 Å². The Bertz CT molecular complexity index is 1600. The lowest BCUT2D eigenvalue weighted by molar-refractivity contribution is 0.285. The van der Waals surface area contributed by atoms with Crippen molar-refractivity contribution in [1.82, 2.24) is 14.5 Å². The maximum atomic E-state index is 14.8. The van der Waals surface area contributed by atoms with E-state index in [0.29, 0.717) is 40.0 Å². The molecule has 0 spiro atoms. The van der Waals surface area contributed by atoms with Gasteiger partial charge in [-0.1, -0.05) is 30.3 Å². The fourth-order valence-electron chi connectivity index (χ4n) is 3.79. The maximum Gasteiger partial charge on any atom is 0.331 e. The standard InChI is InChI=1S/C25H17FN4O3/c1-32-22-11-19-17(10-23(22)33-14-15-5-3-2-4-6-15)24-20(13-28-19)29-25(31)30(24)21-8-7-16(12-27)9-18(21)26/h2-11,13H,14H2,1H3,(H,29,31). The summed E-state index contributed by atoms with van der Waals surface area (Å²) >= 11 is 0. The van der Waals surface area contributed by atoms with Crippen LogP contribution in [-0.4, -0.2) is 21.6 Å². The largest absolute Gasteiger partial charge is 0.493 e. The van der Waals surface area contributed by atoms with Crippen LogP contribution in [0.5, 0.6) is 11.5 Å². The molecule has 8 heteroatoms. The number of aromatic nitrogens is 3. The number of pyridine rings is 1. The van der Waals surface area contributed by atoms with E-state index in [0.717, 1.165) is 11.6 Å². The predicted molar refractivity (Wildman–Crippen MR) is 121 cm³/mol. The number of nitriles is 1. The summed E-state index contributed by atoms with van der Waals surface area (Å²) in [7, 11) is 1.54. The van der Waals surface area contributed by atoms with Crippen LogP contribution in [-0.2, 0) is 6.61 Å². The molecule has 0 aliphatic carbocycles. The minimum absolute atomic E-state index is 0.0281. The Morgan fingerprint density at radius 2 is 1.94 bits per heavy atom. The predicted octanol–water partition coefficient (Wildman–Crippen LogP) is 4.47. The molecule has 0 unspecified atom stereocenters. The van der Waals surface area contributed by atoms with Gasteiger partial charge in [0.2, 0.25) is 0 Å². The Balaban J connectivity index is 1.71. The van der Waals surface area contributed by atoms with Crippen molar-refractivity contribution >= 4 is 21.9 Å². The van der Waals surface area contributed by atoms with Crippen molar-refractivity contribution in [3.05, 3.63) is 94.3 Å². The number of rotatable bonds is 5. The van der Waals surface area contributed by atoms with E-state index in [9.17, 15) is 9.18 Å². The molecular weight excluding hydrogens is 423 g/mol. The van der Waals surface area contributed by atoms with E-state index in [-0.39, 0.29) is 11.3 Å². The number of methoxy groups -OCH3 is 1. The highest BCUT2D eigenvalue weighted by Gasteiger charge is 2.18. The molecule has 33 heavy (non-hydrogen) atoms. The smallest absolute Gasteiger partial charge is 0.331 e. The van der Waals surface area contributed by atoms with Gasteiger partial charge in [0, 0.05) is 11.5 Å². The molecule has 2 aromatic heterocycles. The number of imidazole rings is 1. The Kier molecular flexibility index (Phi) is 4.99. The number of hydrogen-bond acceptors (Lipinski definition) is 5. The molecule has 2 heterocycles. The van der Waals surface area contributed by atoms with Gasteiger partial charge in [-0.15, -0.1) is 0 Å². The maximum absolute atomic E-state index is 14.8. The van der Waals surface area contributed by atoms with Gasteiger partial charge in [-0.2, -0.15) is 5.26 Å². The minimum Gasteiger partial charge on any atom is -0.493 e. The van der Waals surface area contributed by atoms with Crippen LogP contribution in [0, 0.1) is 17.1 Å². The SMILES string of the molecule is COc1cc2ncc3[nH]c(=O)n(-c4ccc(C#N)cc4F)c3c2cc1OCc1ccccc1. The quantitative estimate of drug-likeness (QED) is 0.435. The van der Waals surface area contributed by atoms with Crippen LogP contribution < -0.4 is 15.2 Å². The number of nitrogens with zero attached hydrogens (tertiary/aromatic N) is 3. The van der Waals surface area contributed by atoms with E-state index in [1.165, 1.54) is 30.0 Å². The van der Waals surface area contributed by atoms with E-state index in [1.54, 1.807) is 12.1 Å². The molecule has 0 atom stereocenters. The molecule has 0 saturated carbocycles. The first-order chi connectivity index (χ1) is 16.1. The zero-order valence-electron chi connectivity index (χ0n) is 17.5. The number of nitrogens with one attached hydrogen (secondary N) is 1. The van der Waals surface area contributed by atoms with Crippen molar-refractivity contribution in [3.63, 3.8) is 0 Å². The average Bonchev–Trinajstić information content (AvgIpc) is 3.18. The summed E-state index contributed by atoms with van der Waals surface area (Å²) < 4.78 is 27.6. The summed E-state index contributed by atoms with van der Waals surface area (Å²) in [5.74, 6) is 0.263. The van der Waals surface area contributed by atoms with Crippen LogP contribution >= 0.6 is 0 Å². The van der Waals surface area contributed by atoms with Gasteiger partial charge in [0.05, 0.1) is 47.2 Å². The fraction of sp³-hybridized carbons (Fsp3) is 0.0800. The van der Waals surface area contributed by atoms with Gasteiger partial charge in [0.25, 0.3) is 0 Å². The van der Waals surface area contributed by atoms with Gasteiger partial charge in [-0.25, -0.2) is 9.18 Å². The summed E-state index contributed by atoms with van der Waals surface area (Å²) in [6, 6.07) is 19.0. The highest BCUT2D eigenvalue weighted by molar-refractivity contribution is 6.04. The third-order valence-corrected chi connectivity index (χ3v) is 5.35. The summed E-state index contributed by atoms with van der Waals surface area (Å²) in [5.41, 5.74) is 2.08. The molecule has 0 saturated heterocycles. The third kappa shape index (κ3) is 3.55. The van der Waals surface area contributed by atoms with Crippen molar-refractivity contribution in [2.75, 3.05) is 7.11 Å². The lowest BCUT2D eigenvalue weighted by Gasteiger charge is -2.13. The molecule has 0 aliphatic heterocycles. The summed E-state index contributed by atoms with van der Waals surface area (Å²) in [4.78, 5) is 19.9. The number of H-pyrrole nitrogens is 1. The molecule has 5 aromatic rings. The van der Waals surface area contributed by atoms with Crippen LogP contribution in [0.25, 0.3) is 27.6 Å². The second-order valence-corrected chi connectivity index (χ2v) is 7.36. The number of ether oxygens (including phenoxy) is 2. The lowest BCUT2D eigenvalue weighted by atomic mass is 10.1. The second kappa shape index (κ2) is 8.13. The lowest BCUT2D eigenvalue weighted by Crippen LogP contribution is -2.16. The van der Waals surface area contributed by atoms with Gasteiger partial charge in [0.1, 0.15) is 12.4 Å². The minimum atomic E-state index is -0.684. The highest BCUT2D eigenvalue weighted by atomic mass is 19.1. The van der Waals surface area contributed by atoms with Crippen LogP contribution in [0.2, 0.25) is 0 Å². The van der Waals surface area contributed by atoms with E-state index >= 15 is 0 Å². The van der Waals surface area contributed by atoms with Gasteiger partial charge in [-0.3, -0.25) is 9.55 Å². The number of benzene rings is 3. The van der Waals surface area contributed by atoms with Gasteiger partial charge in [-0.05, 0) is 29.8 Å². The second-order valence-electron chi connectivity index (χ2n) is 7.36. The molecular formula is C25H17FN4O3. The molecule has 7 nitrogen and oxygen atoms in total. The molecule has 0 bridgehead atoms. The summed E-state index contributed by atoms with van der Waals surface area (Å²) in [5, 5.41) is 9.62. The van der Waals surface area contributed by atoms with Crippen LogP contribution in [0.15, 0.2) is 71.7 Å². The zero-order chi connectivity index (χ0) is 22.9. The number of aromatic amines is 1. The topological polar surface area (TPSA) is 92.9 Å². The molecule has 3 aromatic carbocycles. The molecule has 1 N–H and O–H groups in total. The zero-order valence-corrected chi connectivity index (χ0v) is 17.5. The van der Waals surface area contributed by atoms with Gasteiger partial charge in [0.15, 0.2) is 11.5 Å². The van der Waals surface area contributed by atoms with Gasteiger partial charge < -0.3 is 14.5 Å². The Morgan fingerprint density at radius 3 is 2.67 bits per heavy atom. The van der Waals surface area contributed by atoms with Crippen LogP contribution in [0.3, 0.4) is 0 Å². The molecule has 5 rings (SSSR count). The van der Waals surface area contributed by atoms with Gasteiger partial charge >= 0.3 is 5.69 Å². The summed E-state index contributed by atoms with van der Waals surface area (Å²) in [6.45, 7) is 0.316.